The van der Waals surface area contributed by atoms with Crippen LogP contribution in [-0.2, 0) is 33.3 Å². The summed E-state index contributed by atoms with van der Waals surface area (Å²) in [5, 5.41) is 9.16. The average Bonchev–Trinajstić information content (AvgIpc) is 2.55. The van der Waals surface area contributed by atoms with Gasteiger partial charge in [-0.1, -0.05) is 0 Å². The van der Waals surface area contributed by atoms with Crippen molar-refractivity contribution in [3.8, 4) is 0 Å². The number of aliphatic hydroxyl groups is 1. The molecule has 0 bridgehead atoms. The van der Waals surface area contributed by atoms with E-state index in [4.69, 9.17) is 24.1 Å². The fourth-order valence-corrected chi connectivity index (χ4v) is 1.75. The molecule has 0 aliphatic carbocycles. The Kier molecular flexibility index (Phi) is 5.25. The van der Waals surface area contributed by atoms with E-state index in [1.54, 1.807) is 0 Å². The highest BCUT2D eigenvalue weighted by atomic mass is 16.7. The minimum Gasteiger partial charge on any atom is -0.455 e. The topological polar surface area (TPSA) is 108 Å². The Morgan fingerprint density at radius 2 is 1.42 bits per heavy atom. The van der Waals surface area contributed by atoms with E-state index in [1.807, 2.05) is 0 Å². The molecule has 0 aromatic rings. The SMILES string of the molecule is CC(=O)OC1O[C@H](CO)[C@@H](OC(C)=O)[C@@H]1OC(C)=O. The van der Waals surface area contributed by atoms with Crippen LogP contribution in [0.1, 0.15) is 20.8 Å². The molecule has 1 heterocycles. The molecule has 0 spiro atoms. The number of esters is 3. The predicted octanol–water partition coefficient (Wildman–Crippen LogP) is -0.870. The van der Waals surface area contributed by atoms with Gasteiger partial charge in [0.05, 0.1) is 6.61 Å². The molecular formula is C11H16O8. The lowest BCUT2D eigenvalue weighted by molar-refractivity contribution is -0.196. The highest BCUT2D eigenvalue weighted by Gasteiger charge is 2.50. The van der Waals surface area contributed by atoms with Crippen molar-refractivity contribution in [2.24, 2.45) is 0 Å². The van der Waals surface area contributed by atoms with Crippen LogP contribution >= 0.6 is 0 Å². The van der Waals surface area contributed by atoms with E-state index in [-0.39, 0.29) is 0 Å². The van der Waals surface area contributed by atoms with Crippen LogP contribution in [0.4, 0.5) is 0 Å². The maximum atomic E-state index is 11.0. The van der Waals surface area contributed by atoms with Gasteiger partial charge < -0.3 is 24.1 Å². The monoisotopic (exact) mass is 276 g/mol. The molecule has 4 atom stereocenters. The van der Waals surface area contributed by atoms with Crippen molar-refractivity contribution < 1.29 is 38.4 Å². The summed E-state index contributed by atoms with van der Waals surface area (Å²) in [6, 6.07) is 0. The first-order chi connectivity index (χ1) is 8.85. The van der Waals surface area contributed by atoms with Crippen LogP contribution in [0.25, 0.3) is 0 Å². The molecule has 1 aliphatic heterocycles. The van der Waals surface area contributed by atoms with Crippen molar-refractivity contribution in [3.05, 3.63) is 0 Å². The molecule has 1 unspecified atom stereocenters. The maximum Gasteiger partial charge on any atom is 0.305 e. The summed E-state index contributed by atoms with van der Waals surface area (Å²) in [6.45, 7) is 3.00. The lowest BCUT2D eigenvalue weighted by Crippen LogP contribution is -2.41. The van der Waals surface area contributed by atoms with Crippen LogP contribution in [0.3, 0.4) is 0 Å². The van der Waals surface area contributed by atoms with Gasteiger partial charge in [0.15, 0.2) is 6.10 Å². The Labute approximate surface area is 109 Å². The Morgan fingerprint density at radius 3 is 1.84 bits per heavy atom. The summed E-state index contributed by atoms with van der Waals surface area (Å²) in [5.74, 6) is -1.93. The molecule has 0 amide bonds. The number of hydrogen-bond donors (Lipinski definition) is 1. The van der Waals surface area contributed by atoms with Crippen LogP contribution < -0.4 is 0 Å². The Bertz CT molecular complexity index is 366. The van der Waals surface area contributed by atoms with Crippen LogP contribution in [0.15, 0.2) is 0 Å². The van der Waals surface area contributed by atoms with Crippen LogP contribution in [-0.4, -0.2) is 54.2 Å². The first-order valence-electron chi connectivity index (χ1n) is 5.63. The smallest absolute Gasteiger partial charge is 0.305 e. The van der Waals surface area contributed by atoms with E-state index in [9.17, 15) is 14.4 Å². The molecule has 0 saturated carbocycles. The Balaban J connectivity index is 2.90. The first-order valence-corrected chi connectivity index (χ1v) is 5.63. The zero-order valence-corrected chi connectivity index (χ0v) is 10.8. The molecule has 108 valence electrons. The van der Waals surface area contributed by atoms with E-state index >= 15 is 0 Å². The van der Waals surface area contributed by atoms with Gasteiger partial charge in [0.2, 0.25) is 12.4 Å². The summed E-state index contributed by atoms with van der Waals surface area (Å²) in [5.41, 5.74) is 0. The van der Waals surface area contributed by atoms with Crippen molar-refractivity contribution >= 4 is 17.9 Å². The molecule has 0 aromatic heterocycles. The Morgan fingerprint density at radius 1 is 0.947 bits per heavy atom. The second kappa shape index (κ2) is 6.48. The molecule has 1 N–H and O–H groups in total. The summed E-state index contributed by atoms with van der Waals surface area (Å²) in [6.07, 6.45) is -4.29. The maximum absolute atomic E-state index is 11.0. The third kappa shape index (κ3) is 4.18. The van der Waals surface area contributed by atoms with E-state index in [2.05, 4.69) is 0 Å². The number of hydrogen-bond acceptors (Lipinski definition) is 8. The van der Waals surface area contributed by atoms with E-state index in [0.29, 0.717) is 0 Å². The fourth-order valence-electron chi connectivity index (χ4n) is 1.75. The van der Waals surface area contributed by atoms with E-state index in [1.165, 1.54) is 6.92 Å². The van der Waals surface area contributed by atoms with Crippen molar-refractivity contribution in [1.29, 1.82) is 0 Å². The standard InChI is InChI=1S/C11H16O8/c1-5(13)16-9-8(4-12)19-11(18-7(3)15)10(9)17-6(2)14/h8-12H,4H2,1-3H3/t8-,9-,10+,11?/m1/s1. The largest absolute Gasteiger partial charge is 0.455 e. The van der Waals surface area contributed by atoms with Crippen molar-refractivity contribution in [2.45, 2.75) is 45.4 Å². The lowest BCUT2D eigenvalue weighted by Gasteiger charge is -2.22. The quantitative estimate of drug-likeness (QED) is 0.521. The van der Waals surface area contributed by atoms with Gasteiger partial charge >= 0.3 is 17.9 Å². The van der Waals surface area contributed by atoms with Gasteiger partial charge in [0, 0.05) is 20.8 Å². The minimum atomic E-state index is -1.22. The second-order valence-electron chi connectivity index (χ2n) is 3.98. The van der Waals surface area contributed by atoms with E-state index < -0.39 is 49.1 Å². The van der Waals surface area contributed by atoms with Gasteiger partial charge in [-0.3, -0.25) is 14.4 Å². The molecule has 0 radical (unpaired) electrons. The number of carbonyl (C=O) groups is 3. The van der Waals surface area contributed by atoms with Gasteiger partial charge in [0.25, 0.3) is 0 Å². The van der Waals surface area contributed by atoms with Crippen LogP contribution in [0.5, 0.6) is 0 Å². The van der Waals surface area contributed by atoms with Gasteiger partial charge in [0.1, 0.15) is 6.10 Å². The summed E-state index contributed by atoms with van der Waals surface area (Å²) in [4.78, 5) is 33.0. The molecule has 0 aromatic carbocycles. The highest BCUT2D eigenvalue weighted by Crippen LogP contribution is 2.27. The molecular weight excluding hydrogens is 260 g/mol. The normalized spacial score (nSPS) is 29.7. The summed E-state index contributed by atoms with van der Waals surface area (Å²) < 4.78 is 19.9. The first kappa shape index (κ1) is 15.4. The second-order valence-corrected chi connectivity index (χ2v) is 3.98. The van der Waals surface area contributed by atoms with Crippen molar-refractivity contribution in [3.63, 3.8) is 0 Å². The molecule has 1 aliphatic rings. The zero-order chi connectivity index (χ0) is 14.6. The molecule has 1 saturated heterocycles. The predicted molar refractivity (Wildman–Crippen MR) is 58.6 cm³/mol. The van der Waals surface area contributed by atoms with E-state index in [0.717, 1.165) is 13.8 Å². The molecule has 19 heavy (non-hydrogen) atoms. The number of rotatable bonds is 4. The Hall–Kier alpha value is -1.67. The van der Waals surface area contributed by atoms with Gasteiger partial charge in [-0.05, 0) is 0 Å². The van der Waals surface area contributed by atoms with Crippen LogP contribution in [0.2, 0.25) is 0 Å². The van der Waals surface area contributed by atoms with Gasteiger partial charge in [-0.2, -0.15) is 0 Å². The van der Waals surface area contributed by atoms with Crippen molar-refractivity contribution in [2.75, 3.05) is 6.61 Å². The highest BCUT2D eigenvalue weighted by molar-refractivity contribution is 5.68. The zero-order valence-electron chi connectivity index (χ0n) is 10.8. The van der Waals surface area contributed by atoms with Gasteiger partial charge in [-0.15, -0.1) is 0 Å². The molecule has 8 nitrogen and oxygen atoms in total. The number of aliphatic hydroxyl groups excluding tert-OH is 1. The molecule has 1 rings (SSSR count). The summed E-state index contributed by atoms with van der Waals surface area (Å²) >= 11 is 0. The third-order valence-electron chi connectivity index (χ3n) is 2.33. The van der Waals surface area contributed by atoms with Gasteiger partial charge in [-0.25, -0.2) is 0 Å². The number of ether oxygens (including phenoxy) is 4. The molecule has 8 heteroatoms. The molecule has 1 fully saturated rings. The number of carbonyl (C=O) groups excluding carboxylic acids is 3. The average molecular weight is 276 g/mol. The van der Waals surface area contributed by atoms with Crippen molar-refractivity contribution in [1.82, 2.24) is 0 Å². The van der Waals surface area contributed by atoms with Crippen LogP contribution in [0, 0.1) is 0 Å². The lowest BCUT2D eigenvalue weighted by atomic mass is 10.1. The fraction of sp³-hybridized carbons (Fsp3) is 0.727. The summed E-state index contributed by atoms with van der Waals surface area (Å²) in [7, 11) is 0. The minimum absolute atomic E-state index is 0.479. The third-order valence-corrected chi connectivity index (χ3v) is 2.33.